The monoisotopic (exact) mass is 677 g/mol. The number of hydrogen-bond donors (Lipinski definition) is 0. The van der Waals surface area contributed by atoms with Crippen LogP contribution in [0.4, 0.5) is 0 Å². The molecule has 3 heterocycles. The van der Waals surface area contributed by atoms with Crippen molar-refractivity contribution in [3.05, 3.63) is 115 Å². The van der Waals surface area contributed by atoms with Gasteiger partial charge in [0.05, 0.1) is 6.20 Å². The molecular formula is C32H28IrN2OSi-2. The summed E-state index contributed by atoms with van der Waals surface area (Å²) >= 11 is 0. The van der Waals surface area contributed by atoms with Crippen LogP contribution in [0, 0.1) is 19.1 Å². The summed E-state index contributed by atoms with van der Waals surface area (Å²) in [7, 11) is -1.46. The van der Waals surface area contributed by atoms with Gasteiger partial charge in [-0.1, -0.05) is 56.0 Å². The predicted molar refractivity (Wildman–Crippen MR) is 152 cm³/mol. The van der Waals surface area contributed by atoms with Gasteiger partial charge in [0.15, 0.2) is 5.58 Å². The molecule has 0 amide bonds. The Labute approximate surface area is 233 Å². The van der Waals surface area contributed by atoms with E-state index in [-0.39, 0.29) is 20.1 Å². The molecule has 6 rings (SSSR count). The summed E-state index contributed by atoms with van der Waals surface area (Å²) in [5, 5.41) is 3.64. The standard InChI is InChI=1S/C20H18NOSi.C12H10N.Ir/c1-23(2,3)20-11-7-5-9-15(20)17-12-16-14-8-4-6-10-18(14)22-19(16)13-21-17;1-10-7-8-12(13-9-10)11-5-3-2-4-6-11;/h4-8,10-13H,1-3H3;2-5,7-9H,1H3;/q2*-1;. The minimum Gasteiger partial charge on any atom is -0.455 e. The van der Waals surface area contributed by atoms with Crippen molar-refractivity contribution in [1.82, 2.24) is 9.97 Å². The third kappa shape index (κ3) is 5.96. The van der Waals surface area contributed by atoms with Crippen LogP contribution in [0.2, 0.25) is 19.6 Å². The Kier molecular flexibility index (Phi) is 8.18. The van der Waals surface area contributed by atoms with E-state index >= 15 is 0 Å². The zero-order valence-electron chi connectivity index (χ0n) is 21.4. The van der Waals surface area contributed by atoms with Gasteiger partial charge < -0.3 is 14.4 Å². The summed E-state index contributed by atoms with van der Waals surface area (Å²) in [5.74, 6) is 0. The fourth-order valence-electron chi connectivity index (χ4n) is 4.22. The number of rotatable bonds is 3. The number of para-hydroxylation sites is 1. The third-order valence-corrected chi connectivity index (χ3v) is 8.11. The van der Waals surface area contributed by atoms with Crippen LogP contribution in [0.15, 0.2) is 102 Å². The normalized spacial score (nSPS) is 11.0. The molecule has 0 atom stereocenters. The Morgan fingerprint density at radius 2 is 1.46 bits per heavy atom. The summed E-state index contributed by atoms with van der Waals surface area (Å²) < 4.78 is 5.88. The van der Waals surface area contributed by atoms with E-state index in [1.807, 2.05) is 73.9 Å². The second-order valence-electron chi connectivity index (χ2n) is 9.87. The van der Waals surface area contributed by atoms with E-state index in [1.165, 1.54) is 10.8 Å². The maximum Gasteiger partial charge on any atom is 0.151 e. The zero-order valence-corrected chi connectivity index (χ0v) is 24.8. The van der Waals surface area contributed by atoms with Crippen molar-refractivity contribution in [2.45, 2.75) is 26.6 Å². The van der Waals surface area contributed by atoms with Crippen LogP contribution in [0.3, 0.4) is 0 Å². The predicted octanol–water partition coefficient (Wildman–Crippen LogP) is 7.85. The summed E-state index contributed by atoms with van der Waals surface area (Å²) in [5.41, 5.74) is 7.04. The molecule has 0 unspecified atom stereocenters. The van der Waals surface area contributed by atoms with Crippen molar-refractivity contribution in [2.75, 3.05) is 0 Å². The number of pyridine rings is 2. The van der Waals surface area contributed by atoms with Gasteiger partial charge in [0.2, 0.25) is 0 Å². The first-order chi connectivity index (χ1) is 17.4. The summed E-state index contributed by atoms with van der Waals surface area (Å²) in [6, 6.07) is 35.0. The average Bonchev–Trinajstić information content (AvgIpc) is 3.27. The van der Waals surface area contributed by atoms with Gasteiger partial charge in [0.25, 0.3) is 0 Å². The molecule has 0 aliphatic carbocycles. The minimum atomic E-state index is -1.46. The Bertz CT molecular complexity index is 1620. The number of aromatic nitrogens is 2. The van der Waals surface area contributed by atoms with Gasteiger partial charge in [0.1, 0.15) is 5.58 Å². The molecule has 1 radical (unpaired) electrons. The number of furan rings is 1. The molecule has 0 saturated heterocycles. The third-order valence-electron chi connectivity index (χ3n) is 6.08. The van der Waals surface area contributed by atoms with Crippen molar-refractivity contribution < 1.29 is 24.5 Å². The molecule has 0 fully saturated rings. The number of aryl methyl sites for hydroxylation is 1. The molecule has 37 heavy (non-hydrogen) atoms. The minimum absolute atomic E-state index is 0. The topological polar surface area (TPSA) is 38.9 Å². The first-order valence-electron chi connectivity index (χ1n) is 12.1. The Morgan fingerprint density at radius 1 is 0.703 bits per heavy atom. The summed E-state index contributed by atoms with van der Waals surface area (Å²) in [4.78, 5) is 8.96. The van der Waals surface area contributed by atoms with Gasteiger partial charge in [-0.25, -0.2) is 0 Å². The molecule has 0 N–H and O–H groups in total. The van der Waals surface area contributed by atoms with E-state index in [0.717, 1.165) is 44.5 Å². The van der Waals surface area contributed by atoms with Gasteiger partial charge in [-0.15, -0.1) is 70.9 Å². The fourth-order valence-corrected chi connectivity index (χ4v) is 5.77. The van der Waals surface area contributed by atoms with E-state index in [1.54, 1.807) is 0 Å². The van der Waals surface area contributed by atoms with E-state index in [0.29, 0.717) is 0 Å². The maximum atomic E-state index is 5.88. The molecule has 3 aromatic carbocycles. The van der Waals surface area contributed by atoms with Crippen molar-refractivity contribution >= 4 is 35.2 Å². The van der Waals surface area contributed by atoms with Crippen LogP contribution in [-0.2, 0) is 20.1 Å². The number of hydrogen-bond acceptors (Lipinski definition) is 3. The molecule has 6 aromatic rings. The molecule has 187 valence electrons. The van der Waals surface area contributed by atoms with Crippen LogP contribution < -0.4 is 5.19 Å². The van der Waals surface area contributed by atoms with Crippen molar-refractivity contribution in [2.24, 2.45) is 0 Å². The first-order valence-corrected chi connectivity index (χ1v) is 15.6. The second-order valence-corrected chi connectivity index (χ2v) is 14.9. The molecule has 0 bridgehead atoms. The van der Waals surface area contributed by atoms with Gasteiger partial charge >= 0.3 is 0 Å². The van der Waals surface area contributed by atoms with Crippen LogP contribution in [0.25, 0.3) is 44.5 Å². The molecule has 0 spiro atoms. The quantitative estimate of drug-likeness (QED) is 0.142. The second kappa shape index (κ2) is 11.3. The van der Waals surface area contributed by atoms with E-state index < -0.39 is 8.07 Å². The van der Waals surface area contributed by atoms with E-state index in [2.05, 4.69) is 72.1 Å². The molecule has 3 nitrogen and oxygen atoms in total. The van der Waals surface area contributed by atoms with Crippen molar-refractivity contribution in [3.63, 3.8) is 0 Å². The SMILES string of the molecule is C[Si](C)(C)c1ccc[c-]c1-c1cc2c(cn1)oc1ccccc12.Cc1ccc(-c2[c-]cccc2)nc1.[Ir]. The Hall–Kier alpha value is -3.37. The molecule has 3 aromatic heterocycles. The van der Waals surface area contributed by atoms with Gasteiger partial charge in [-0.2, -0.15) is 0 Å². The fraction of sp³-hybridized carbons (Fsp3) is 0.125. The Morgan fingerprint density at radius 3 is 2.19 bits per heavy atom. The van der Waals surface area contributed by atoms with Crippen LogP contribution >= 0.6 is 0 Å². The molecule has 0 aliphatic heterocycles. The largest absolute Gasteiger partial charge is 0.455 e. The number of nitrogens with zero attached hydrogens (tertiary/aromatic N) is 2. The zero-order chi connectivity index (χ0) is 25.1. The number of fused-ring (bicyclic) bond motifs is 3. The van der Waals surface area contributed by atoms with Crippen LogP contribution in [0.1, 0.15) is 5.56 Å². The van der Waals surface area contributed by atoms with Gasteiger partial charge in [-0.05, 0) is 29.9 Å². The molecule has 0 saturated carbocycles. The van der Waals surface area contributed by atoms with Gasteiger partial charge in [0, 0.05) is 45.1 Å². The first kappa shape index (κ1) is 26.7. The summed E-state index contributed by atoms with van der Waals surface area (Å²) in [6.07, 6.45) is 3.70. The molecule has 0 aliphatic rings. The van der Waals surface area contributed by atoms with E-state index in [9.17, 15) is 0 Å². The van der Waals surface area contributed by atoms with Crippen molar-refractivity contribution in [3.8, 4) is 22.5 Å². The number of benzene rings is 3. The van der Waals surface area contributed by atoms with Crippen LogP contribution in [0.5, 0.6) is 0 Å². The maximum absolute atomic E-state index is 5.88. The Balaban J connectivity index is 0.000000195. The van der Waals surface area contributed by atoms with E-state index in [4.69, 9.17) is 4.42 Å². The average molecular weight is 677 g/mol. The van der Waals surface area contributed by atoms with Crippen molar-refractivity contribution in [1.29, 1.82) is 0 Å². The smallest absolute Gasteiger partial charge is 0.151 e. The van der Waals surface area contributed by atoms with Gasteiger partial charge in [-0.3, -0.25) is 0 Å². The summed E-state index contributed by atoms with van der Waals surface area (Å²) in [6.45, 7) is 9.09. The van der Waals surface area contributed by atoms with Crippen LogP contribution in [-0.4, -0.2) is 18.0 Å². The molecule has 5 heteroatoms. The molecular weight excluding hydrogens is 649 g/mol.